The molecule has 31 heavy (non-hydrogen) atoms. The van der Waals surface area contributed by atoms with E-state index in [9.17, 15) is 9.90 Å². The molecule has 2 aliphatic carbocycles. The highest BCUT2D eigenvalue weighted by molar-refractivity contribution is 7.19. The van der Waals surface area contributed by atoms with Gasteiger partial charge in [0.05, 0.1) is 5.39 Å². The van der Waals surface area contributed by atoms with Crippen molar-refractivity contribution in [2.24, 2.45) is 5.73 Å². The van der Waals surface area contributed by atoms with Crippen molar-refractivity contribution in [3.05, 3.63) is 16.8 Å². The third-order valence-electron chi connectivity index (χ3n) is 6.18. The lowest BCUT2D eigenvalue weighted by Gasteiger charge is -2.32. The number of nitrogens with two attached hydrogens (primary N) is 1. The second-order valence-electron chi connectivity index (χ2n) is 8.30. The minimum Gasteiger partial charge on any atom is -0.483 e. The second-order valence-corrected chi connectivity index (χ2v) is 9.39. The van der Waals surface area contributed by atoms with Crippen LogP contribution in [0.2, 0.25) is 0 Å². The first-order valence-electron chi connectivity index (χ1n) is 10.5. The summed E-state index contributed by atoms with van der Waals surface area (Å²) in [6.07, 6.45) is 7.08. The van der Waals surface area contributed by atoms with Crippen LogP contribution >= 0.6 is 11.3 Å². The fourth-order valence-corrected chi connectivity index (χ4v) is 5.82. The highest BCUT2D eigenvalue weighted by Crippen LogP contribution is 2.47. The Morgan fingerprint density at radius 3 is 2.61 bits per heavy atom. The number of aromatic nitrogens is 2. The molecule has 0 spiro atoms. The van der Waals surface area contributed by atoms with Crippen molar-refractivity contribution in [2.75, 3.05) is 14.1 Å². The van der Waals surface area contributed by atoms with Gasteiger partial charge in [0.25, 0.3) is 6.47 Å². The number of nitrogens with zero attached hydrogens (tertiary/aromatic N) is 3. The van der Waals surface area contributed by atoms with Crippen molar-refractivity contribution in [1.82, 2.24) is 14.9 Å². The molecule has 0 bridgehead atoms. The summed E-state index contributed by atoms with van der Waals surface area (Å²) < 4.78 is 6.36. The maximum atomic E-state index is 11.3. The van der Waals surface area contributed by atoms with Gasteiger partial charge in [-0.05, 0) is 70.5 Å². The molecule has 0 unspecified atom stereocenters. The van der Waals surface area contributed by atoms with Gasteiger partial charge in [0.2, 0.25) is 11.8 Å². The van der Waals surface area contributed by atoms with Gasteiger partial charge in [-0.15, -0.1) is 11.3 Å². The molecule has 0 aromatic carbocycles. The number of fused-ring (bicyclic) bond motifs is 3. The van der Waals surface area contributed by atoms with Crippen molar-refractivity contribution in [2.45, 2.75) is 69.1 Å². The summed E-state index contributed by atoms with van der Waals surface area (Å²) in [4.78, 5) is 33.1. The number of carboxylic acid groups (broad SMARTS) is 1. The molecule has 1 amide bonds. The van der Waals surface area contributed by atoms with Crippen molar-refractivity contribution >= 4 is 33.9 Å². The van der Waals surface area contributed by atoms with Crippen LogP contribution in [0.25, 0.3) is 10.2 Å². The number of aliphatic hydroxyl groups excluding tert-OH is 1. The molecule has 2 aliphatic rings. The van der Waals surface area contributed by atoms with E-state index in [1.807, 2.05) is 0 Å². The molecule has 1 fully saturated rings. The lowest BCUT2D eigenvalue weighted by molar-refractivity contribution is -0.126. The molecule has 170 valence electrons. The quantitative estimate of drug-likeness (QED) is 0.567. The van der Waals surface area contributed by atoms with Gasteiger partial charge in [0, 0.05) is 10.9 Å². The minimum atomic E-state index is -1.12. The van der Waals surface area contributed by atoms with Crippen molar-refractivity contribution < 1.29 is 24.5 Å². The minimum absolute atomic E-state index is 0.0871. The molecular weight excluding hydrogens is 420 g/mol. The number of aliphatic hydroxyl groups is 1. The van der Waals surface area contributed by atoms with Gasteiger partial charge in [-0.25, -0.2) is 9.97 Å². The van der Waals surface area contributed by atoms with E-state index in [1.54, 1.807) is 17.7 Å². The van der Waals surface area contributed by atoms with E-state index in [1.165, 1.54) is 4.88 Å². The number of ether oxygens (including phenoxy) is 1. The third kappa shape index (κ3) is 5.31. The van der Waals surface area contributed by atoms with Crippen LogP contribution in [0.4, 0.5) is 0 Å². The monoisotopic (exact) mass is 450 g/mol. The van der Waals surface area contributed by atoms with Crippen LogP contribution in [-0.2, 0) is 16.0 Å². The Kier molecular flexibility index (Phi) is 7.79. The number of amides is 1. The lowest BCUT2D eigenvalue weighted by Crippen LogP contribution is -2.35. The van der Waals surface area contributed by atoms with Crippen LogP contribution in [0.3, 0.4) is 0 Å². The number of carbonyl (C=O) groups is 2. The maximum Gasteiger partial charge on any atom is 0.290 e. The van der Waals surface area contributed by atoms with Crippen molar-refractivity contribution in [3.8, 4) is 5.88 Å². The van der Waals surface area contributed by atoms with Crippen LogP contribution in [-0.4, -0.2) is 69.8 Å². The van der Waals surface area contributed by atoms with E-state index in [-0.39, 0.29) is 18.5 Å². The molecule has 1 saturated carbocycles. The highest BCUT2D eigenvalue weighted by Gasteiger charge is 2.33. The molecular formula is C21H30N4O5S. The van der Waals surface area contributed by atoms with E-state index in [2.05, 4.69) is 29.0 Å². The fraction of sp³-hybridized carbons (Fsp3) is 0.619. The Hall–Kier alpha value is -2.30. The number of aryl methyl sites for hydroxylation is 1. The molecule has 0 aliphatic heterocycles. The zero-order valence-corrected chi connectivity index (χ0v) is 18.7. The van der Waals surface area contributed by atoms with Gasteiger partial charge in [-0.3, -0.25) is 9.59 Å². The molecule has 2 atom stereocenters. The molecule has 2 aromatic rings. The van der Waals surface area contributed by atoms with Gasteiger partial charge >= 0.3 is 0 Å². The van der Waals surface area contributed by atoms with Crippen LogP contribution in [0.15, 0.2) is 6.33 Å². The summed E-state index contributed by atoms with van der Waals surface area (Å²) in [7, 11) is 4.27. The van der Waals surface area contributed by atoms with Crippen molar-refractivity contribution in [1.29, 1.82) is 0 Å². The first-order chi connectivity index (χ1) is 14.8. The molecule has 0 saturated heterocycles. The summed E-state index contributed by atoms with van der Waals surface area (Å²) in [5, 5.41) is 17.8. The number of primary amides is 1. The van der Waals surface area contributed by atoms with E-state index in [0.717, 1.165) is 54.3 Å². The third-order valence-corrected chi connectivity index (χ3v) is 7.36. The Labute approximate surface area is 185 Å². The van der Waals surface area contributed by atoms with Crippen LogP contribution in [0.1, 0.15) is 54.9 Å². The lowest BCUT2D eigenvalue weighted by atomic mass is 9.92. The summed E-state index contributed by atoms with van der Waals surface area (Å²) >= 11 is 1.67. The largest absolute Gasteiger partial charge is 0.483 e. The number of hydrogen-bond donors (Lipinski definition) is 3. The molecule has 0 radical (unpaired) electrons. The average Bonchev–Trinajstić information content (AvgIpc) is 3.29. The Morgan fingerprint density at radius 2 is 2.00 bits per heavy atom. The Bertz CT molecular complexity index is 911. The van der Waals surface area contributed by atoms with E-state index in [4.69, 9.17) is 20.4 Å². The van der Waals surface area contributed by atoms with E-state index < -0.39 is 12.0 Å². The van der Waals surface area contributed by atoms with Gasteiger partial charge < -0.3 is 25.6 Å². The molecule has 2 heterocycles. The van der Waals surface area contributed by atoms with Crippen LogP contribution in [0.5, 0.6) is 5.88 Å². The van der Waals surface area contributed by atoms with Crippen LogP contribution < -0.4 is 10.5 Å². The predicted molar refractivity (Wildman–Crippen MR) is 117 cm³/mol. The average molecular weight is 451 g/mol. The van der Waals surface area contributed by atoms with Gasteiger partial charge in [-0.1, -0.05) is 0 Å². The summed E-state index contributed by atoms with van der Waals surface area (Å²) in [6, 6.07) is 0.621. The molecule has 10 heteroatoms. The summed E-state index contributed by atoms with van der Waals surface area (Å²) in [6.45, 7) is -0.250. The van der Waals surface area contributed by atoms with Gasteiger partial charge in [0.15, 0.2) is 0 Å². The molecule has 4 N–H and O–H groups in total. The number of carbonyl (C=O) groups excluding carboxylic acids is 1. The predicted octanol–water partition coefficient (Wildman–Crippen LogP) is 1.91. The van der Waals surface area contributed by atoms with Gasteiger partial charge in [-0.2, -0.15) is 0 Å². The van der Waals surface area contributed by atoms with Crippen molar-refractivity contribution in [3.63, 3.8) is 0 Å². The maximum absolute atomic E-state index is 11.3. The van der Waals surface area contributed by atoms with E-state index >= 15 is 0 Å². The smallest absolute Gasteiger partial charge is 0.290 e. The Balaban J connectivity index is 0.000000858. The number of thiophene rings is 1. The van der Waals surface area contributed by atoms with Crippen LogP contribution in [0, 0.1) is 0 Å². The molecule has 4 rings (SSSR count). The zero-order valence-electron chi connectivity index (χ0n) is 17.9. The second kappa shape index (κ2) is 10.3. The van der Waals surface area contributed by atoms with Gasteiger partial charge in [0.1, 0.15) is 23.4 Å². The normalized spacial score (nSPS) is 23.7. The summed E-state index contributed by atoms with van der Waals surface area (Å²) in [5.41, 5.74) is 6.42. The first kappa shape index (κ1) is 23.4. The topological polar surface area (TPSA) is 139 Å². The Morgan fingerprint density at radius 1 is 1.32 bits per heavy atom. The highest BCUT2D eigenvalue weighted by atomic mass is 32.1. The standard InChI is InChI=1S/C20H28N4O3S.CH2O2/c1-24(2)12-4-6-13(7-5-12)27-19-17-16-11(9-14(25)18(21)26)3-8-15(16)28-20(17)23-10-22-19;2-1-3/h10-14,25H,3-9H2,1-2H3,(H2,21,26);1H,(H,2,3)/t11-,12?,13?,14-;/m1./s1. The SMILES string of the molecule is CN(C)C1CCC(Oc2ncnc3sc4c(c23)[C@@H](C[C@@H](O)C(N)=O)CC4)CC1.O=CO. The van der Waals surface area contributed by atoms with E-state index in [0.29, 0.717) is 18.3 Å². The molecule has 9 nitrogen and oxygen atoms in total. The fourth-order valence-electron chi connectivity index (χ4n) is 4.59. The number of rotatable bonds is 6. The first-order valence-corrected chi connectivity index (χ1v) is 11.3. The molecule has 2 aromatic heterocycles. The number of hydrogen-bond acceptors (Lipinski definition) is 8. The summed E-state index contributed by atoms with van der Waals surface area (Å²) in [5.74, 6) is 0.0682. The zero-order chi connectivity index (χ0) is 22.5.